The van der Waals surface area contributed by atoms with Gasteiger partial charge in [-0.15, -0.1) is 11.8 Å². The molecule has 2 rings (SSSR count). The number of hydrogen-bond donors (Lipinski definition) is 1. The Kier molecular flexibility index (Phi) is 7.91. The molecule has 0 aromatic heterocycles. The van der Waals surface area contributed by atoms with Crippen LogP contribution in [-0.4, -0.2) is 72.4 Å². The first-order valence-electron chi connectivity index (χ1n) is 9.49. The third-order valence-electron chi connectivity index (χ3n) is 5.76. The van der Waals surface area contributed by atoms with Crippen LogP contribution in [0.1, 0.15) is 34.1 Å². The Balaban J connectivity index is 2.09. The topological polar surface area (TPSA) is 77.1 Å². The molecular formula is C18H33IN2O5SSi. The van der Waals surface area contributed by atoms with Gasteiger partial charge in [0.25, 0.3) is 0 Å². The maximum Gasteiger partial charge on any atom is 0.326 e. The Labute approximate surface area is 187 Å². The number of nitrogens with zero attached hydrogens (tertiary/aromatic N) is 1. The van der Waals surface area contributed by atoms with Crippen LogP contribution >= 0.6 is 34.4 Å². The van der Waals surface area contributed by atoms with Gasteiger partial charge < -0.3 is 13.9 Å². The van der Waals surface area contributed by atoms with Gasteiger partial charge in [-0.1, -0.05) is 43.4 Å². The average Bonchev–Trinajstić information content (AvgIpc) is 2.96. The fraction of sp³-hybridized carbons (Fsp3) is 0.889. The first kappa shape index (κ1) is 24.4. The largest absolute Gasteiger partial charge is 0.414 e. The van der Waals surface area contributed by atoms with Gasteiger partial charge in [0.1, 0.15) is 15.8 Å². The van der Waals surface area contributed by atoms with Crippen LogP contribution in [0.5, 0.6) is 0 Å². The minimum atomic E-state index is -1.92. The molecule has 4 atom stereocenters. The SMILES string of the molecule is CSCO[C@H]1C[C@H](N2CC(C)(I)C(=O)NC2=O)O[C@@H]1CO[Si](C)(C)C(C)(C)C. The molecule has 3 amide bonds. The molecule has 10 heteroatoms. The predicted octanol–water partition coefficient (Wildman–Crippen LogP) is 3.57. The van der Waals surface area contributed by atoms with E-state index in [9.17, 15) is 9.59 Å². The number of urea groups is 1. The van der Waals surface area contributed by atoms with Crippen LogP contribution in [0.2, 0.25) is 18.1 Å². The molecule has 0 saturated carbocycles. The van der Waals surface area contributed by atoms with E-state index in [0.29, 0.717) is 25.5 Å². The number of halogens is 1. The van der Waals surface area contributed by atoms with Crippen LogP contribution in [0.4, 0.5) is 4.79 Å². The molecule has 2 saturated heterocycles. The lowest BCUT2D eigenvalue weighted by molar-refractivity contribution is -0.126. The molecule has 28 heavy (non-hydrogen) atoms. The number of hydrogen-bond acceptors (Lipinski definition) is 6. The Morgan fingerprint density at radius 1 is 1.39 bits per heavy atom. The second-order valence-electron chi connectivity index (χ2n) is 9.13. The summed E-state index contributed by atoms with van der Waals surface area (Å²) in [7, 11) is -1.92. The number of nitrogens with one attached hydrogen (secondary N) is 1. The van der Waals surface area contributed by atoms with Gasteiger partial charge in [-0.2, -0.15) is 0 Å². The number of rotatable bonds is 7. The molecule has 1 unspecified atom stereocenters. The van der Waals surface area contributed by atoms with Crippen molar-refractivity contribution in [1.29, 1.82) is 0 Å². The van der Waals surface area contributed by atoms with Crippen LogP contribution < -0.4 is 5.32 Å². The summed E-state index contributed by atoms with van der Waals surface area (Å²) in [6, 6.07) is -0.404. The van der Waals surface area contributed by atoms with Gasteiger partial charge in [-0.05, 0) is 31.3 Å². The molecule has 2 fully saturated rings. The zero-order valence-electron chi connectivity index (χ0n) is 17.8. The van der Waals surface area contributed by atoms with Crippen molar-refractivity contribution in [2.75, 3.05) is 25.3 Å². The molecule has 0 spiro atoms. The lowest BCUT2D eigenvalue weighted by Crippen LogP contribution is -2.62. The van der Waals surface area contributed by atoms with Gasteiger partial charge in [-0.3, -0.25) is 15.0 Å². The molecule has 162 valence electrons. The number of carbonyl (C=O) groups excluding carboxylic acids is 2. The molecule has 0 aromatic carbocycles. The van der Waals surface area contributed by atoms with E-state index in [2.05, 4.69) is 61.8 Å². The van der Waals surface area contributed by atoms with E-state index in [1.54, 1.807) is 16.7 Å². The van der Waals surface area contributed by atoms with Crippen molar-refractivity contribution in [3.8, 4) is 0 Å². The zero-order valence-corrected chi connectivity index (χ0v) is 21.8. The Morgan fingerprint density at radius 2 is 2.04 bits per heavy atom. The van der Waals surface area contributed by atoms with Crippen molar-refractivity contribution in [1.82, 2.24) is 10.2 Å². The Bertz CT molecular complexity index is 599. The fourth-order valence-electron chi connectivity index (χ4n) is 2.88. The van der Waals surface area contributed by atoms with E-state index < -0.39 is 24.0 Å². The van der Waals surface area contributed by atoms with E-state index in [1.807, 2.05) is 13.2 Å². The summed E-state index contributed by atoms with van der Waals surface area (Å²) in [6.45, 7) is 13.6. The van der Waals surface area contributed by atoms with E-state index in [-0.39, 0.29) is 23.2 Å². The first-order chi connectivity index (χ1) is 12.8. The van der Waals surface area contributed by atoms with E-state index in [1.165, 1.54) is 0 Å². The predicted molar refractivity (Wildman–Crippen MR) is 122 cm³/mol. The quantitative estimate of drug-likeness (QED) is 0.229. The summed E-state index contributed by atoms with van der Waals surface area (Å²) in [5.41, 5.74) is 0. The van der Waals surface area contributed by atoms with Crippen molar-refractivity contribution >= 4 is 54.6 Å². The molecule has 2 aliphatic rings. The number of ether oxygens (including phenoxy) is 2. The molecule has 0 radical (unpaired) electrons. The molecular weight excluding hydrogens is 511 g/mol. The maximum absolute atomic E-state index is 12.4. The lowest BCUT2D eigenvalue weighted by Gasteiger charge is -2.39. The number of thioether (sulfide) groups is 1. The van der Waals surface area contributed by atoms with Crippen LogP contribution in [-0.2, 0) is 18.7 Å². The van der Waals surface area contributed by atoms with Crippen molar-refractivity contribution in [2.24, 2.45) is 0 Å². The highest BCUT2D eigenvalue weighted by Crippen LogP contribution is 2.38. The zero-order chi connectivity index (χ0) is 21.3. The second kappa shape index (κ2) is 9.09. The van der Waals surface area contributed by atoms with Crippen molar-refractivity contribution < 1.29 is 23.5 Å². The van der Waals surface area contributed by atoms with Crippen molar-refractivity contribution in [3.05, 3.63) is 0 Å². The first-order valence-corrected chi connectivity index (χ1v) is 14.9. The summed E-state index contributed by atoms with van der Waals surface area (Å²) in [5.74, 6) is 0.298. The molecule has 0 bridgehead atoms. The summed E-state index contributed by atoms with van der Waals surface area (Å²) in [5, 5.41) is 2.54. The van der Waals surface area contributed by atoms with Gasteiger partial charge in [0.05, 0.1) is 18.6 Å². The lowest BCUT2D eigenvalue weighted by atomic mass is 10.1. The van der Waals surface area contributed by atoms with Crippen LogP contribution in [0.25, 0.3) is 0 Å². The van der Waals surface area contributed by atoms with Gasteiger partial charge in [0, 0.05) is 13.0 Å². The normalized spacial score (nSPS) is 32.0. The number of imide groups is 1. The Hall–Kier alpha value is 0.117. The van der Waals surface area contributed by atoms with Crippen LogP contribution in [0.3, 0.4) is 0 Å². The molecule has 0 aliphatic carbocycles. The summed E-state index contributed by atoms with van der Waals surface area (Å²) >= 11 is 3.69. The highest BCUT2D eigenvalue weighted by Gasteiger charge is 2.48. The minimum Gasteiger partial charge on any atom is -0.414 e. The van der Waals surface area contributed by atoms with Crippen LogP contribution in [0.15, 0.2) is 0 Å². The summed E-state index contributed by atoms with van der Waals surface area (Å²) in [6.07, 6.45) is 1.74. The number of alkyl halides is 1. The van der Waals surface area contributed by atoms with E-state index in [4.69, 9.17) is 13.9 Å². The van der Waals surface area contributed by atoms with E-state index >= 15 is 0 Å². The van der Waals surface area contributed by atoms with Crippen LogP contribution in [0, 0.1) is 0 Å². The molecule has 0 aromatic rings. The monoisotopic (exact) mass is 544 g/mol. The third-order valence-corrected chi connectivity index (χ3v) is 11.5. The smallest absolute Gasteiger partial charge is 0.326 e. The summed E-state index contributed by atoms with van der Waals surface area (Å²) < 4.78 is 17.9. The standard InChI is InChI=1S/C18H33IN2O5SSi/c1-17(2,3)28(6,7)25-9-13-12(24-11-27-5)8-14(26-13)21-10-18(4,19)15(22)20-16(21)23/h12-14H,8-11H2,1-7H3,(H,20,22,23)/t12-,13+,14+,18?/m0/s1. The van der Waals surface area contributed by atoms with E-state index in [0.717, 1.165) is 0 Å². The average molecular weight is 545 g/mol. The highest BCUT2D eigenvalue weighted by molar-refractivity contribution is 14.1. The number of carbonyl (C=O) groups is 2. The minimum absolute atomic E-state index is 0.108. The number of amides is 3. The Morgan fingerprint density at radius 3 is 2.61 bits per heavy atom. The van der Waals surface area contributed by atoms with Gasteiger partial charge in [-0.25, -0.2) is 4.79 Å². The second-order valence-corrected chi connectivity index (χ2v) is 17.1. The highest BCUT2D eigenvalue weighted by atomic mass is 127. The fourth-order valence-corrected chi connectivity index (χ4v) is 4.70. The van der Waals surface area contributed by atoms with Crippen molar-refractivity contribution in [3.63, 3.8) is 0 Å². The van der Waals surface area contributed by atoms with Crippen molar-refractivity contribution in [2.45, 2.75) is 74.1 Å². The summed E-state index contributed by atoms with van der Waals surface area (Å²) in [4.78, 5) is 26.0. The molecule has 1 N–H and O–H groups in total. The third kappa shape index (κ3) is 5.63. The van der Waals surface area contributed by atoms with Gasteiger partial charge in [0.2, 0.25) is 5.91 Å². The maximum atomic E-state index is 12.4. The molecule has 2 heterocycles. The molecule has 7 nitrogen and oxygen atoms in total. The van der Waals surface area contributed by atoms with Gasteiger partial charge in [0.15, 0.2) is 8.32 Å². The molecule has 2 aliphatic heterocycles. The van der Waals surface area contributed by atoms with Gasteiger partial charge >= 0.3 is 6.03 Å².